The minimum absolute atomic E-state index is 0.176. The minimum atomic E-state index is -0.176. The summed E-state index contributed by atoms with van der Waals surface area (Å²) in [5, 5.41) is 0.544. The van der Waals surface area contributed by atoms with Crippen molar-refractivity contribution in [2.24, 2.45) is 0 Å². The van der Waals surface area contributed by atoms with Crippen LogP contribution in [0.1, 0.15) is 32.8 Å². The largest absolute Gasteiger partial charge is 0.488 e. The summed E-state index contributed by atoms with van der Waals surface area (Å²) in [6, 6.07) is 3.62. The standard InChI is InChI=1S/C12H18ClNO/c1-5-12(3,4)15-11-7-9(13)10(14)6-8(11)2/h6-7H,5,14H2,1-4H3. The van der Waals surface area contributed by atoms with Crippen LogP contribution in [0.3, 0.4) is 0 Å². The lowest BCUT2D eigenvalue weighted by Gasteiger charge is -2.26. The van der Waals surface area contributed by atoms with E-state index in [0.717, 1.165) is 17.7 Å². The first-order valence-corrected chi connectivity index (χ1v) is 5.48. The van der Waals surface area contributed by atoms with Gasteiger partial charge in [-0.15, -0.1) is 0 Å². The monoisotopic (exact) mass is 227 g/mol. The van der Waals surface area contributed by atoms with Gasteiger partial charge in [-0.1, -0.05) is 18.5 Å². The SMILES string of the molecule is CCC(C)(C)Oc1cc(Cl)c(N)cc1C. The highest BCUT2D eigenvalue weighted by Crippen LogP contribution is 2.31. The van der Waals surface area contributed by atoms with Crippen molar-refractivity contribution in [3.8, 4) is 5.75 Å². The van der Waals surface area contributed by atoms with Gasteiger partial charge in [0.2, 0.25) is 0 Å². The molecule has 84 valence electrons. The average molecular weight is 228 g/mol. The van der Waals surface area contributed by atoms with Crippen LogP contribution in [0.2, 0.25) is 5.02 Å². The van der Waals surface area contributed by atoms with Crippen LogP contribution >= 0.6 is 11.6 Å². The van der Waals surface area contributed by atoms with Gasteiger partial charge in [0.1, 0.15) is 11.4 Å². The Hall–Kier alpha value is -0.890. The fourth-order valence-corrected chi connectivity index (χ4v) is 1.32. The van der Waals surface area contributed by atoms with Crippen LogP contribution in [0.15, 0.2) is 12.1 Å². The molecule has 0 aliphatic heterocycles. The van der Waals surface area contributed by atoms with E-state index in [2.05, 4.69) is 20.8 Å². The molecule has 0 radical (unpaired) electrons. The quantitative estimate of drug-likeness (QED) is 0.798. The molecule has 0 aliphatic rings. The predicted molar refractivity (Wildman–Crippen MR) is 65.6 cm³/mol. The molecule has 0 aliphatic carbocycles. The molecule has 15 heavy (non-hydrogen) atoms. The van der Waals surface area contributed by atoms with Crippen molar-refractivity contribution in [3.63, 3.8) is 0 Å². The smallest absolute Gasteiger partial charge is 0.124 e. The Labute approximate surface area is 96.4 Å². The number of hydrogen-bond donors (Lipinski definition) is 1. The van der Waals surface area contributed by atoms with Crippen molar-refractivity contribution >= 4 is 17.3 Å². The molecule has 3 heteroatoms. The van der Waals surface area contributed by atoms with Gasteiger partial charge in [0.05, 0.1) is 10.7 Å². The van der Waals surface area contributed by atoms with E-state index < -0.39 is 0 Å². The Bertz CT molecular complexity index is 361. The van der Waals surface area contributed by atoms with Gasteiger partial charge in [-0.2, -0.15) is 0 Å². The van der Waals surface area contributed by atoms with Gasteiger partial charge < -0.3 is 10.5 Å². The van der Waals surface area contributed by atoms with Crippen LogP contribution in [-0.4, -0.2) is 5.60 Å². The fraction of sp³-hybridized carbons (Fsp3) is 0.500. The second-order valence-corrected chi connectivity index (χ2v) is 4.76. The van der Waals surface area contributed by atoms with E-state index in [1.54, 1.807) is 6.07 Å². The van der Waals surface area contributed by atoms with Gasteiger partial charge in [0.15, 0.2) is 0 Å². The zero-order chi connectivity index (χ0) is 11.6. The third-order valence-electron chi connectivity index (χ3n) is 2.53. The minimum Gasteiger partial charge on any atom is -0.488 e. The molecular formula is C12H18ClNO. The summed E-state index contributed by atoms with van der Waals surface area (Å²) in [5.41, 5.74) is 7.13. The summed E-state index contributed by atoms with van der Waals surface area (Å²) in [6.45, 7) is 8.16. The topological polar surface area (TPSA) is 35.2 Å². The van der Waals surface area contributed by atoms with Crippen molar-refractivity contribution in [1.29, 1.82) is 0 Å². The van der Waals surface area contributed by atoms with Gasteiger partial charge in [-0.3, -0.25) is 0 Å². The van der Waals surface area contributed by atoms with Gasteiger partial charge >= 0.3 is 0 Å². The zero-order valence-corrected chi connectivity index (χ0v) is 10.5. The molecule has 0 heterocycles. The Kier molecular flexibility index (Phi) is 3.50. The number of hydrogen-bond acceptors (Lipinski definition) is 2. The molecule has 0 fully saturated rings. The van der Waals surface area contributed by atoms with E-state index in [0.29, 0.717) is 10.7 Å². The lowest BCUT2D eigenvalue weighted by molar-refractivity contribution is 0.104. The number of nitrogens with two attached hydrogens (primary N) is 1. The fourth-order valence-electron chi connectivity index (χ4n) is 1.17. The zero-order valence-electron chi connectivity index (χ0n) is 9.73. The van der Waals surface area contributed by atoms with Crippen molar-refractivity contribution < 1.29 is 4.74 Å². The second kappa shape index (κ2) is 4.31. The highest BCUT2D eigenvalue weighted by atomic mass is 35.5. The van der Waals surface area contributed by atoms with Crippen molar-refractivity contribution in [2.75, 3.05) is 5.73 Å². The number of anilines is 1. The van der Waals surface area contributed by atoms with Crippen LogP contribution in [-0.2, 0) is 0 Å². The molecule has 0 atom stereocenters. The Morgan fingerprint density at radius 3 is 2.53 bits per heavy atom. The molecule has 2 N–H and O–H groups in total. The van der Waals surface area contributed by atoms with Crippen LogP contribution in [0.4, 0.5) is 5.69 Å². The van der Waals surface area contributed by atoms with E-state index in [9.17, 15) is 0 Å². The molecule has 1 rings (SSSR count). The van der Waals surface area contributed by atoms with Gasteiger partial charge in [0, 0.05) is 6.07 Å². The normalized spacial score (nSPS) is 11.5. The third kappa shape index (κ3) is 3.03. The Morgan fingerprint density at radius 2 is 2.00 bits per heavy atom. The molecule has 0 bridgehead atoms. The van der Waals surface area contributed by atoms with Gasteiger partial charge in [0.25, 0.3) is 0 Å². The number of benzene rings is 1. The number of halogens is 1. The summed E-state index contributed by atoms with van der Waals surface area (Å²) in [4.78, 5) is 0. The molecule has 0 aromatic heterocycles. The number of aryl methyl sites for hydroxylation is 1. The van der Waals surface area contributed by atoms with Gasteiger partial charge in [-0.25, -0.2) is 0 Å². The molecule has 1 aromatic rings. The average Bonchev–Trinajstić information content (AvgIpc) is 2.14. The van der Waals surface area contributed by atoms with E-state index in [4.69, 9.17) is 22.1 Å². The summed E-state index contributed by atoms with van der Waals surface area (Å²) in [5.74, 6) is 0.807. The first kappa shape index (κ1) is 12.2. The molecule has 0 saturated carbocycles. The van der Waals surface area contributed by atoms with E-state index in [1.807, 2.05) is 13.0 Å². The molecule has 0 spiro atoms. The molecule has 2 nitrogen and oxygen atoms in total. The van der Waals surface area contributed by atoms with E-state index in [-0.39, 0.29) is 5.60 Å². The molecule has 0 unspecified atom stereocenters. The van der Waals surface area contributed by atoms with Crippen molar-refractivity contribution in [1.82, 2.24) is 0 Å². The maximum Gasteiger partial charge on any atom is 0.124 e. The van der Waals surface area contributed by atoms with Crippen molar-refractivity contribution in [3.05, 3.63) is 22.7 Å². The summed E-state index contributed by atoms with van der Waals surface area (Å²) in [7, 11) is 0. The maximum atomic E-state index is 5.95. The van der Waals surface area contributed by atoms with Crippen LogP contribution in [0.5, 0.6) is 5.75 Å². The summed E-state index contributed by atoms with van der Waals surface area (Å²) < 4.78 is 5.88. The van der Waals surface area contributed by atoms with E-state index in [1.165, 1.54) is 0 Å². The van der Waals surface area contributed by atoms with Crippen LogP contribution in [0.25, 0.3) is 0 Å². The number of rotatable bonds is 3. The van der Waals surface area contributed by atoms with Crippen molar-refractivity contribution in [2.45, 2.75) is 39.7 Å². The Morgan fingerprint density at radius 1 is 1.40 bits per heavy atom. The molecule has 0 saturated heterocycles. The molecular weight excluding hydrogens is 210 g/mol. The first-order chi connectivity index (χ1) is 6.85. The molecule has 0 amide bonds. The lowest BCUT2D eigenvalue weighted by atomic mass is 10.1. The summed E-state index contributed by atoms with van der Waals surface area (Å²) >= 11 is 5.95. The number of nitrogen functional groups attached to an aromatic ring is 1. The van der Waals surface area contributed by atoms with E-state index >= 15 is 0 Å². The van der Waals surface area contributed by atoms with Gasteiger partial charge in [-0.05, 0) is 38.8 Å². The predicted octanol–water partition coefficient (Wildman–Crippen LogP) is 3.80. The van der Waals surface area contributed by atoms with Crippen LogP contribution in [0, 0.1) is 6.92 Å². The summed E-state index contributed by atoms with van der Waals surface area (Å²) in [6.07, 6.45) is 0.939. The maximum absolute atomic E-state index is 5.95. The highest BCUT2D eigenvalue weighted by Gasteiger charge is 2.18. The third-order valence-corrected chi connectivity index (χ3v) is 2.86. The first-order valence-electron chi connectivity index (χ1n) is 5.10. The Balaban J connectivity index is 3.01. The highest BCUT2D eigenvalue weighted by molar-refractivity contribution is 6.33. The number of ether oxygens (including phenoxy) is 1. The van der Waals surface area contributed by atoms with Crippen LogP contribution < -0.4 is 10.5 Å². The lowest BCUT2D eigenvalue weighted by Crippen LogP contribution is -2.27. The molecule has 1 aromatic carbocycles. The second-order valence-electron chi connectivity index (χ2n) is 4.35.